The molecule has 152 valence electrons. The minimum absolute atomic E-state index is 0.209. The van der Waals surface area contributed by atoms with Gasteiger partial charge in [-0.1, -0.05) is 0 Å². The zero-order valence-corrected chi connectivity index (χ0v) is 15.7. The predicted octanol–water partition coefficient (Wildman–Crippen LogP) is -1.26. The Kier molecular flexibility index (Phi) is 6.18. The zero-order chi connectivity index (χ0) is 20.3. The molecule has 0 aliphatic carbocycles. The maximum absolute atomic E-state index is 11.8. The van der Waals surface area contributed by atoms with Gasteiger partial charge in [0.05, 0.1) is 0 Å². The van der Waals surface area contributed by atoms with Crippen LogP contribution in [0.5, 0.6) is 0 Å². The van der Waals surface area contributed by atoms with Gasteiger partial charge in [0.1, 0.15) is 0 Å². The SMILES string of the molecule is O=C1CCC(=O)N1CCN(CCN1C(=O)CCC1=O)CCN1C(=O)CCC1=O. The maximum atomic E-state index is 11.8. The van der Waals surface area contributed by atoms with E-state index in [1.54, 1.807) is 0 Å². The van der Waals surface area contributed by atoms with Crippen LogP contribution in [0.4, 0.5) is 0 Å². The van der Waals surface area contributed by atoms with Gasteiger partial charge in [0, 0.05) is 77.8 Å². The molecule has 10 nitrogen and oxygen atoms in total. The first-order valence-electron chi connectivity index (χ1n) is 9.59. The first-order chi connectivity index (χ1) is 13.4. The highest BCUT2D eigenvalue weighted by molar-refractivity contribution is 6.03. The van der Waals surface area contributed by atoms with Crippen LogP contribution in [0.1, 0.15) is 38.5 Å². The molecule has 0 aromatic rings. The van der Waals surface area contributed by atoms with Gasteiger partial charge in [-0.25, -0.2) is 0 Å². The van der Waals surface area contributed by atoms with E-state index in [2.05, 4.69) is 0 Å². The summed E-state index contributed by atoms with van der Waals surface area (Å²) in [6.45, 7) is 1.68. The molecule has 28 heavy (non-hydrogen) atoms. The standard InChI is InChI=1S/C18H24N4O6/c23-13-1-2-14(24)20(13)10-7-19(8-11-21-15(25)3-4-16(21)26)9-12-22-17(27)5-6-18(22)28/h1-12H2. The Balaban J connectivity index is 1.57. The average molecular weight is 392 g/mol. The first kappa shape index (κ1) is 20.1. The van der Waals surface area contributed by atoms with Crippen LogP contribution in [0.25, 0.3) is 0 Å². The van der Waals surface area contributed by atoms with E-state index in [1.165, 1.54) is 14.7 Å². The molecule has 0 atom stereocenters. The molecular weight excluding hydrogens is 368 g/mol. The second kappa shape index (κ2) is 8.59. The molecule has 0 N–H and O–H groups in total. The van der Waals surface area contributed by atoms with Crippen LogP contribution in [0.3, 0.4) is 0 Å². The Hall–Kier alpha value is -2.62. The predicted molar refractivity (Wildman–Crippen MR) is 94.3 cm³/mol. The third kappa shape index (κ3) is 4.44. The van der Waals surface area contributed by atoms with Crippen molar-refractivity contribution >= 4 is 35.4 Å². The van der Waals surface area contributed by atoms with E-state index in [0.717, 1.165) is 0 Å². The lowest BCUT2D eigenvalue weighted by atomic mass is 10.3. The van der Waals surface area contributed by atoms with E-state index in [0.29, 0.717) is 19.6 Å². The van der Waals surface area contributed by atoms with Crippen LogP contribution in [0.2, 0.25) is 0 Å². The van der Waals surface area contributed by atoms with Gasteiger partial charge in [0.25, 0.3) is 0 Å². The Bertz CT molecular complexity index is 578. The summed E-state index contributed by atoms with van der Waals surface area (Å²) in [5, 5.41) is 0. The second-order valence-corrected chi connectivity index (χ2v) is 7.16. The van der Waals surface area contributed by atoms with E-state index < -0.39 is 0 Å². The molecule has 3 aliphatic rings. The van der Waals surface area contributed by atoms with Gasteiger partial charge in [0.2, 0.25) is 35.4 Å². The van der Waals surface area contributed by atoms with Crippen molar-refractivity contribution in [1.82, 2.24) is 19.6 Å². The monoisotopic (exact) mass is 392 g/mol. The van der Waals surface area contributed by atoms with Crippen molar-refractivity contribution in [2.75, 3.05) is 39.3 Å². The number of hydrogen-bond donors (Lipinski definition) is 0. The minimum Gasteiger partial charge on any atom is -0.298 e. The topological polar surface area (TPSA) is 115 Å². The Morgan fingerprint density at radius 3 is 0.893 bits per heavy atom. The lowest BCUT2D eigenvalue weighted by Gasteiger charge is -2.28. The minimum atomic E-state index is -0.209. The average Bonchev–Trinajstić information content (AvgIpc) is 3.27. The molecular formula is C18H24N4O6. The molecule has 0 unspecified atom stereocenters. The number of nitrogens with zero attached hydrogens (tertiary/aromatic N) is 4. The fourth-order valence-electron chi connectivity index (χ4n) is 3.68. The first-order valence-corrected chi connectivity index (χ1v) is 9.59. The van der Waals surface area contributed by atoms with Crippen molar-refractivity contribution in [3.05, 3.63) is 0 Å². The highest BCUT2D eigenvalue weighted by Gasteiger charge is 2.32. The van der Waals surface area contributed by atoms with Crippen LogP contribution in [-0.2, 0) is 28.8 Å². The number of carbonyl (C=O) groups is 6. The Labute approximate surface area is 162 Å². The quantitative estimate of drug-likeness (QED) is 0.450. The third-order valence-electron chi connectivity index (χ3n) is 5.38. The van der Waals surface area contributed by atoms with Crippen molar-refractivity contribution < 1.29 is 28.8 Å². The van der Waals surface area contributed by atoms with Crippen LogP contribution in [0, 0.1) is 0 Å². The second-order valence-electron chi connectivity index (χ2n) is 7.16. The fourth-order valence-corrected chi connectivity index (χ4v) is 3.68. The molecule has 0 bridgehead atoms. The summed E-state index contributed by atoms with van der Waals surface area (Å²) in [4.78, 5) is 76.3. The van der Waals surface area contributed by atoms with E-state index in [9.17, 15) is 28.8 Å². The molecule has 3 rings (SSSR count). The van der Waals surface area contributed by atoms with Gasteiger partial charge in [0.15, 0.2) is 0 Å². The summed E-state index contributed by atoms with van der Waals surface area (Å²) in [6, 6.07) is 0. The van der Waals surface area contributed by atoms with Gasteiger partial charge < -0.3 is 0 Å². The maximum Gasteiger partial charge on any atom is 0.229 e. The smallest absolute Gasteiger partial charge is 0.229 e. The number of carbonyl (C=O) groups excluding carboxylic acids is 6. The van der Waals surface area contributed by atoms with Crippen LogP contribution >= 0.6 is 0 Å². The summed E-state index contributed by atoms with van der Waals surface area (Å²) in [7, 11) is 0. The molecule has 0 radical (unpaired) electrons. The van der Waals surface area contributed by atoms with Crippen LogP contribution in [-0.4, -0.2) is 94.3 Å². The molecule has 3 heterocycles. The van der Waals surface area contributed by atoms with Gasteiger partial charge in [-0.3, -0.25) is 48.4 Å². The Morgan fingerprint density at radius 2 is 0.679 bits per heavy atom. The van der Waals surface area contributed by atoms with Crippen molar-refractivity contribution in [1.29, 1.82) is 0 Å². The molecule has 0 spiro atoms. The van der Waals surface area contributed by atoms with Crippen molar-refractivity contribution in [2.24, 2.45) is 0 Å². The lowest BCUT2D eigenvalue weighted by Crippen LogP contribution is -2.45. The highest BCUT2D eigenvalue weighted by Crippen LogP contribution is 2.14. The number of hydrogen-bond acceptors (Lipinski definition) is 7. The Morgan fingerprint density at radius 1 is 0.464 bits per heavy atom. The van der Waals surface area contributed by atoms with Crippen LogP contribution in [0.15, 0.2) is 0 Å². The highest BCUT2D eigenvalue weighted by atomic mass is 16.2. The summed E-state index contributed by atoms with van der Waals surface area (Å²) < 4.78 is 0. The summed E-state index contributed by atoms with van der Waals surface area (Å²) in [5.74, 6) is -1.25. The molecule has 0 saturated carbocycles. The molecule has 3 fully saturated rings. The molecule has 3 saturated heterocycles. The van der Waals surface area contributed by atoms with Gasteiger partial charge in [-0.2, -0.15) is 0 Å². The zero-order valence-electron chi connectivity index (χ0n) is 15.7. The largest absolute Gasteiger partial charge is 0.298 e. The summed E-state index contributed by atoms with van der Waals surface area (Å²) in [5.41, 5.74) is 0. The third-order valence-corrected chi connectivity index (χ3v) is 5.38. The molecule has 10 heteroatoms. The number of rotatable bonds is 9. The van der Waals surface area contributed by atoms with Crippen LogP contribution < -0.4 is 0 Å². The number of amides is 6. The fraction of sp³-hybridized carbons (Fsp3) is 0.667. The lowest BCUT2D eigenvalue weighted by molar-refractivity contribution is -0.139. The number of imide groups is 3. The van der Waals surface area contributed by atoms with Crippen molar-refractivity contribution in [2.45, 2.75) is 38.5 Å². The molecule has 6 amide bonds. The van der Waals surface area contributed by atoms with Gasteiger partial charge >= 0.3 is 0 Å². The van der Waals surface area contributed by atoms with Crippen molar-refractivity contribution in [3.63, 3.8) is 0 Å². The van der Waals surface area contributed by atoms with E-state index in [-0.39, 0.29) is 93.6 Å². The van der Waals surface area contributed by atoms with Crippen molar-refractivity contribution in [3.8, 4) is 0 Å². The van der Waals surface area contributed by atoms with E-state index in [4.69, 9.17) is 0 Å². The van der Waals surface area contributed by atoms with E-state index >= 15 is 0 Å². The summed E-state index contributed by atoms with van der Waals surface area (Å²) >= 11 is 0. The number of likely N-dealkylation sites (tertiary alicyclic amines) is 3. The normalized spacial score (nSPS) is 20.7. The molecule has 0 aromatic carbocycles. The van der Waals surface area contributed by atoms with Gasteiger partial charge in [-0.05, 0) is 0 Å². The molecule has 0 aromatic heterocycles. The molecule has 3 aliphatic heterocycles. The van der Waals surface area contributed by atoms with Gasteiger partial charge in [-0.15, -0.1) is 0 Å². The summed E-state index contributed by atoms with van der Waals surface area (Å²) in [6.07, 6.45) is 1.29. The van der Waals surface area contributed by atoms with E-state index in [1.807, 2.05) is 4.90 Å².